The van der Waals surface area contributed by atoms with Crippen molar-refractivity contribution < 1.29 is 44.3 Å². The highest BCUT2D eigenvalue weighted by molar-refractivity contribution is 7.99. The average Bonchev–Trinajstić information content (AvgIpc) is 3.00. The van der Waals surface area contributed by atoms with Crippen LogP contribution in [0.3, 0.4) is 0 Å². The Morgan fingerprint density at radius 3 is 1.54 bits per heavy atom. The summed E-state index contributed by atoms with van der Waals surface area (Å²) in [5.41, 5.74) is 17.5. The number of carbonyl (C=O) groups is 2. The number of rotatable bonds is 6. The van der Waals surface area contributed by atoms with Crippen LogP contribution < -0.4 is 22.9 Å². The van der Waals surface area contributed by atoms with Crippen molar-refractivity contribution in [3.63, 3.8) is 0 Å². The van der Waals surface area contributed by atoms with Gasteiger partial charge in [-0.3, -0.25) is 9.59 Å². The number of nitrogens with zero attached hydrogens (tertiary/aromatic N) is 2. The van der Waals surface area contributed by atoms with E-state index in [9.17, 15) is 44.3 Å². The molecule has 20 heteroatoms. The molecule has 10 nitrogen and oxygen atoms in total. The lowest BCUT2D eigenvalue weighted by Gasteiger charge is -2.16. The van der Waals surface area contributed by atoms with Crippen LogP contribution in [0.4, 0.5) is 26.3 Å². The van der Waals surface area contributed by atoms with Gasteiger partial charge in [0.2, 0.25) is 9.84 Å². The number of aliphatic imine (C=N–C) groups is 2. The zero-order chi connectivity index (χ0) is 39.3. The van der Waals surface area contributed by atoms with Crippen molar-refractivity contribution in [2.75, 3.05) is 0 Å². The second-order valence-corrected chi connectivity index (χ2v) is 14.3. The maximum atomic E-state index is 13.5. The van der Waals surface area contributed by atoms with Gasteiger partial charge in [-0.25, -0.2) is 8.42 Å². The van der Waals surface area contributed by atoms with Crippen molar-refractivity contribution in [2.24, 2.45) is 32.9 Å². The van der Waals surface area contributed by atoms with Crippen molar-refractivity contribution >= 4 is 68.5 Å². The smallest absolute Gasteiger partial charge is 0.370 e. The molecule has 0 saturated heterocycles. The maximum Gasteiger partial charge on any atom is 0.417 e. The fraction of sp³-hybridized carbons (Fsp3) is 0.125. The normalized spacial score (nSPS) is 11.6. The summed E-state index contributed by atoms with van der Waals surface area (Å²) in [4.78, 5) is 29.3. The van der Waals surface area contributed by atoms with Crippen molar-refractivity contribution in [3.05, 3.63) is 116 Å². The van der Waals surface area contributed by atoms with E-state index in [-0.39, 0.29) is 21.0 Å². The van der Waals surface area contributed by atoms with Crippen LogP contribution in [-0.4, -0.2) is 32.2 Å². The third-order valence-corrected chi connectivity index (χ3v) is 10.5. The molecule has 0 aliphatic rings. The van der Waals surface area contributed by atoms with E-state index in [0.29, 0.717) is 21.5 Å². The minimum Gasteiger partial charge on any atom is -0.370 e. The Balaban J connectivity index is 0.000000281. The number of alkyl halides is 6. The first-order valence-corrected chi connectivity index (χ1v) is 17.1. The molecule has 0 aliphatic carbocycles. The first-order chi connectivity index (χ1) is 23.9. The molecule has 4 aromatic rings. The zero-order valence-electron chi connectivity index (χ0n) is 26.6. The molecule has 4 aromatic carbocycles. The van der Waals surface area contributed by atoms with Crippen LogP contribution in [0.25, 0.3) is 0 Å². The minimum absolute atomic E-state index is 0.0522. The van der Waals surface area contributed by atoms with E-state index in [0.717, 1.165) is 30.0 Å². The van der Waals surface area contributed by atoms with E-state index in [1.54, 1.807) is 24.3 Å². The molecule has 4 rings (SSSR count). The van der Waals surface area contributed by atoms with Crippen LogP contribution in [0.1, 0.15) is 43.0 Å². The number of hydrogen-bond donors (Lipinski definition) is 4. The van der Waals surface area contributed by atoms with Gasteiger partial charge < -0.3 is 22.9 Å². The molecule has 0 radical (unpaired) electrons. The molecule has 0 bridgehead atoms. The molecule has 0 heterocycles. The van der Waals surface area contributed by atoms with E-state index >= 15 is 0 Å². The summed E-state index contributed by atoms with van der Waals surface area (Å²) in [5.74, 6) is -3.22. The number of amides is 2. The molecule has 0 atom stereocenters. The summed E-state index contributed by atoms with van der Waals surface area (Å²) >= 11 is 12.7. The summed E-state index contributed by atoms with van der Waals surface area (Å²) in [6, 6.07) is 14.8. The highest BCUT2D eigenvalue weighted by Crippen LogP contribution is 2.43. The van der Waals surface area contributed by atoms with Crippen LogP contribution >= 0.6 is 35.0 Å². The van der Waals surface area contributed by atoms with Crippen molar-refractivity contribution in [1.29, 1.82) is 0 Å². The topological polar surface area (TPSA) is 197 Å². The molecule has 0 unspecified atom stereocenters. The molecule has 0 aromatic heterocycles. The quantitative estimate of drug-likeness (QED) is 0.0889. The van der Waals surface area contributed by atoms with Gasteiger partial charge in [0.1, 0.15) is 0 Å². The number of aryl methyl sites for hydroxylation is 2. The molecule has 0 fully saturated rings. The van der Waals surface area contributed by atoms with E-state index in [2.05, 4.69) is 9.98 Å². The fourth-order valence-corrected chi connectivity index (χ4v) is 7.73. The molecule has 2 amide bonds. The summed E-state index contributed by atoms with van der Waals surface area (Å²) in [7, 11) is -4.62. The predicted octanol–water partition coefficient (Wildman–Crippen LogP) is 7.15. The third kappa shape index (κ3) is 10.2. The van der Waals surface area contributed by atoms with E-state index in [1.165, 1.54) is 38.1 Å². The number of benzene rings is 4. The van der Waals surface area contributed by atoms with Crippen molar-refractivity contribution in [2.45, 2.75) is 45.8 Å². The average molecular weight is 808 g/mol. The molecule has 0 spiro atoms. The Hall–Kier alpha value is -4.78. The summed E-state index contributed by atoms with van der Waals surface area (Å²) in [6.07, 6.45) is -9.73. The molecular weight excluding hydrogens is 781 g/mol. The number of hydrogen-bond acceptors (Lipinski definition) is 5. The largest absolute Gasteiger partial charge is 0.417 e. The summed E-state index contributed by atoms with van der Waals surface area (Å²) in [5, 5.41) is 0.0999. The Morgan fingerprint density at radius 2 is 1.08 bits per heavy atom. The lowest BCUT2D eigenvalue weighted by molar-refractivity contribution is -0.140. The second-order valence-electron chi connectivity index (χ2n) is 10.5. The zero-order valence-corrected chi connectivity index (χ0v) is 29.8. The Bertz CT molecular complexity index is 2200. The third-order valence-electron chi connectivity index (χ3n) is 6.66. The number of carbonyl (C=O) groups excluding carboxylic acids is 2. The number of halogens is 8. The highest BCUT2D eigenvalue weighted by Gasteiger charge is 2.40. The van der Waals surface area contributed by atoms with Gasteiger partial charge in [-0.05, 0) is 73.5 Å². The van der Waals surface area contributed by atoms with Gasteiger partial charge in [0.15, 0.2) is 11.9 Å². The van der Waals surface area contributed by atoms with Crippen LogP contribution in [0.5, 0.6) is 0 Å². The number of guanidine groups is 2. The van der Waals surface area contributed by atoms with Gasteiger partial charge in [-0.15, -0.1) is 0 Å². The Labute approximate surface area is 306 Å². The summed E-state index contributed by atoms with van der Waals surface area (Å²) < 4.78 is 107. The van der Waals surface area contributed by atoms with Gasteiger partial charge in [0.05, 0.1) is 31.0 Å². The predicted molar refractivity (Wildman–Crippen MR) is 185 cm³/mol. The van der Waals surface area contributed by atoms with Gasteiger partial charge >= 0.3 is 12.4 Å². The maximum absolute atomic E-state index is 13.5. The summed E-state index contributed by atoms with van der Waals surface area (Å²) in [6.45, 7) is 2.77. The fourth-order valence-electron chi connectivity index (χ4n) is 4.36. The van der Waals surface area contributed by atoms with Gasteiger partial charge in [-0.1, -0.05) is 59.2 Å². The SMILES string of the molecule is Cc1cc(S(=O)(=O)c2ccccc2Cl)c(C(F)(F)F)cc1C(=O)N=C(N)N.Cc1cc(Sc2ccccc2Cl)c(C(F)(F)F)cc1C(=O)N=C(N)N. The first kappa shape index (κ1) is 41.6. The second kappa shape index (κ2) is 16.3. The van der Waals surface area contributed by atoms with Crippen LogP contribution in [-0.2, 0) is 22.2 Å². The van der Waals surface area contributed by atoms with Gasteiger partial charge in [-0.2, -0.15) is 36.3 Å². The van der Waals surface area contributed by atoms with E-state index in [4.69, 9.17) is 46.1 Å². The lowest BCUT2D eigenvalue weighted by atomic mass is 10.0. The molecule has 52 heavy (non-hydrogen) atoms. The molecular formula is C32H26Cl2F6N6O4S2. The molecule has 0 aliphatic heterocycles. The first-order valence-electron chi connectivity index (χ1n) is 14.1. The highest BCUT2D eigenvalue weighted by atomic mass is 35.5. The molecule has 276 valence electrons. The van der Waals surface area contributed by atoms with Gasteiger partial charge in [0.25, 0.3) is 11.8 Å². The van der Waals surface area contributed by atoms with Crippen LogP contribution in [0, 0.1) is 13.8 Å². The Kier molecular flexibility index (Phi) is 13.0. The van der Waals surface area contributed by atoms with Crippen LogP contribution in [0.15, 0.2) is 102 Å². The van der Waals surface area contributed by atoms with E-state index < -0.39 is 72.4 Å². The standard InChI is InChI=1S/C16H13ClF3N3O3S.C16H13ClF3N3OS/c1-8-6-13(27(25,26)12-5-3-2-4-11(12)17)10(16(18,19)20)7-9(8)14(24)23-15(21)22;1-8-6-13(25-12-5-3-2-4-11(12)17)10(16(18,19)20)7-9(8)14(24)23-15(21)22/h2-7H,1H3,(H4,21,22,23,24);2-7H,1H3,(H4,21,22,23,24). The lowest BCUT2D eigenvalue weighted by Crippen LogP contribution is -2.24. The van der Waals surface area contributed by atoms with E-state index in [1.807, 2.05) is 0 Å². The van der Waals surface area contributed by atoms with Crippen LogP contribution in [0.2, 0.25) is 10.0 Å². The molecule has 8 N–H and O–H groups in total. The van der Waals surface area contributed by atoms with Crippen molar-refractivity contribution in [3.8, 4) is 0 Å². The molecule has 0 saturated carbocycles. The Morgan fingerprint density at radius 1 is 0.635 bits per heavy atom. The van der Waals surface area contributed by atoms with Gasteiger partial charge in [0, 0.05) is 20.9 Å². The number of sulfone groups is 1. The van der Waals surface area contributed by atoms with Crippen molar-refractivity contribution in [1.82, 2.24) is 0 Å². The number of nitrogens with two attached hydrogens (primary N) is 4. The monoisotopic (exact) mass is 806 g/mol. The minimum atomic E-state index is -5.07.